The number of ether oxygens (including phenoxy) is 1. The summed E-state index contributed by atoms with van der Waals surface area (Å²) in [7, 11) is 1.74. The zero-order valence-electron chi connectivity index (χ0n) is 10.8. The van der Waals surface area contributed by atoms with Gasteiger partial charge in [0.15, 0.2) is 0 Å². The van der Waals surface area contributed by atoms with Gasteiger partial charge in [0.25, 0.3) is 0 Å². The lowest BCUT2D eigenvalue weighted by atomic mass is 9.80. The first kappa shape index (κ1) is 12.8. The predicted octanol–water partition coefficient (Wildman–Crippen LogP) is 4.31. The van der Waals surface area contributed by atoms with Crippen LogP contribution in [0.2, 0.25) is 0 Å². The van der Waals surface area contributed by atoms with Crippen molar-refractivity contribution in [2.75, 3.05) is 13.0 Å². The Bertz CT molecular complexity index is 381. The van der Waals surface area contributed by atoms with Gasteiger partial charge in [0.05, 0.1) is 7.11 Å². The summed E-state index contributed by atoms with van der Waals surface area (Å²) < 4.78 is 5.39. The van der Waals surface area contributed by atoms with E-state index in [4.69, 9.17) is 16.3 Å². The fourth-order valence-electron chi connectivity index (χ4n) is 2.94. The molecule has 0 atom stereocenters. The van der Waals surface area contributed by atoms with Crippen molar-refractivity contribution in [3.8, 4) is 5.75 Å². The maximum absolute atomic E-state index is 6.24. The van der Waals surface area contributed by atoms with Gasteiger partial charge in [-0.15, -0.1) is 11.6 Å². The molecule has 1 aliphatic rings. The van der Waals surface area contributed by atoms with Crippen LogP contribution in [-0.2, 0) is 11.8 Å². The van der Waals surface area contributed by atoms with Crippen LogP contribution in [0.1, 0.15) is 43.7 Å². The van der Waals surface area contributed by atoms with E-state index >= 15 is 0 Å². The molecule has 0 aromatic heterocycles. The average molecular weight is 253 g/mol. The van der Waals surface area contributed by atoms with Crippen LogP contribution in [0, 0.1) is 0 Å². The van der Waals surface area contributed by atoms with Gasteiger partial charge >= 0.3 is 0 Å². The summed E-state index contributed by atoms with van der Waals surface area (Å²) in [6.07, 6.45) is 6.08. The number of hydrogen-bond acceptors (Lipinski definition) is 1. The van der Waals surface area contributed by atoms with Gasteiger partial charge in [-0.25, -0.2) is 0 Å². The van der Waals surface area contributed by atoms with Gasteiger partial charge in [0.2, 0.25) is 0 Å². The molecule has 2 heteroatoms. The Morgan fingerprint density at radius 1 is 1.29 bits per heavy atom. The molecule has 1 aromatic carbocycles. The monoisotopic (exact) mass is 252 g/mol. The molecule has 1 saturated carbocycles. The SMILES string of the molecule is CCc1cc(C2(CCl)CCCC2)ccc1OC. The summed E-state index contributed by atoms with van der Waals surface area (Å²) >= 11 is 6.24. The average Bonchev–Trinajstić information content (AvgIpc) is 2.88. The van der Waals surface area contributed by atoms with E-state index in [0.29, 0.717) is 0 Å². The molecule has 0 bridgehead atoms. The molecule has 0 heterocycles. The van der Waals surface area contributed by atoms with E-state index in [9.17, 15) is 0 Å². The smallest absolute Gasteiger partial charge is 0.122 e. The summed E-state index contributed by atoms with van der Waals surface area (Å²) in [6, 6.07) is 6.60. The Morgan fingerprint density at radius 3 is 2.53 bits per heavy atom. The fourth-order valence-corrected chi connectivity index (χ4v) is 3.36. The Morgan fingerprint density at radius 2 is 2.00 bits per heavy atom. The van der Waals surface area contributed by atoms with E-state index in [1.807, 2.05) is 0 Å². The maximum Gasteiger partial charge on any atom is 0.122 e. The van der Waals surface area contributed by atoms with Crippen LogP contribution in [0.15, 0.2) is 18.2 Å². The van der Waals surface area contributed by atoms with E-state index in [-0.39, 0.29) is 5.41 Å². The highest BCUT2D eigenvalue weighted by Crippen LogP contribution is 2.43. The van der Waals surface area contributed by atoms with Gasteiger partial charge in [-0.3, -0.25) is 0 Å². The third-order valence-electron chi connectivity index (χ3n) is 4.09. The number of aryl methyl sites for hydroxylation is 1. The second kappa shape index (κ2) is 5.30. The molecule has 0 radical (unpaired) electrons. The lowest BCUT2D eigenvalue weighted by Crippen LogP contribution is -2.24. The van der Waals surface area contributed by atoms with Crippen LogP contribution in [0.25, 0.3) is 0 Å². The molecule has 1 nitrogen and oxygen atoms in total. The van der Waals surface area contributed by atoms with E-state index in [0.717, 1.165) is 18.1 Å². The maximum atomic E-state index is 6.24. The normalized spacial score (nSPS) is 18.3. The Kier molecular flexibility index (Phi) is 3.98. The lowest BCUT2D eigenvalue weighted by molar-refractivity contribution is 0.408. The standard InChI is InChI=1S/C15H21ClO/c1-3-12-10-13(6-7-14(12)17-2)15(11-16)8-4-5-9-15/h6-7,10H,3-5,8-9,11H2,1-2H3. The van der Waals surface area contributed by atoms with E-state index in [1.165, 1.54) is 36.8 Å². The molecule has 94 valence electrons. The molecule has 0 saturated heterocycles. The van der Waals surface area contributed by atoms with Crippen LogP contribution < -0.4 is 4.74 Å². The zero-order chi connectivity index (χ0) is 12.3. The van der Waals surface area contributed by atoms with E-state index < -0.39 is 0 Å². The van der Waals surface area contributed by atoms with Crippen LogP contribution in [0.5, 0.6) is 5.75 Å². The van der Waals surface area contributed by atoms with Crippen molar-refractivity contribution in [1.82, 2.24) is 0 Å². The highest BCUT2D eigenvalue weighted by atomic mass is 35.5. The minimum atomic E-state index is 0.220. The van der Waals surface area contributed by atoms with E-state index in [2.05, 4.69) is 25.1 Å². The molecular weight excluding hydrogens is 232 g/mol. The van der Waals surface area contributed by atoms with Crippen molar-refractivity contribution in [3.05, 3.63) is 29.3 Å². The number of halogens is 1. The third kappa shape index (κ3) is 2.30. The number of hydrogen-bond donors (Lipinski definition) is 0. The van der Waals surface area contributed by atoms with Crippen LogP contribution in [0.4, 0.5) is 0 Å². The summed E-state index contributed by atoms with van der Waals surface area (Å²) in [5.41, 5.74) is 2.92. The summed E-state index contributed by atoms with van der Waals surface area (Å²) in [5.74, 6) is 1.74. The summed E-state index contributed by atoms with van der Waals surface area (Å²) in [4.78, 5) is 0. The quantitative estimate of drug-likeness (QED) is 0.726. The number of rotatable bonds is 4. The highest BCUT2D eigenvalue weighted by molar-refractivity contribution is 6.18. The van der Waals surface area contributed by atoms with Gasteiger partial charge in [0.1, 0.15) is 5.75 Å². The van der Waals surface area contributed by atoms with Crippen LogP contribution >= 0.6 is 11.6 Å². The third-order valence-corrected chi connectivity index (χ3v) is 4.60. The fraction of sp³-hybridized carbons (Fsp3) is 0.600. The first-order valence-electron chi connectivity index (χ1n) is 6.49. The van der Waals surface area contributed by atoms with Gasteiger partial charge in [-0.2, -0.15) is 0 Å². The molecule has 1 aliphatic carbocycles. The number of benzene rings is 1. The molecule has 1 fully saturated rings. The summed E-state index contributed by atoms with van der Waals surface area (Å²) in [5, 5.41) is 0. The first-order chi connectivity index (χ1) is 8.25. The van der Waals surface area contributed by atoms with Gasteiger partial charge in [-0.05, 0) is 36.5 Å². The molecule has 0 spiro atoms. The van der Waals surface area contributed by atoms with Crippen LogP contribution in [0.3, 0.4) is 0 Å². The topological polar surface area (TPSA) is 9.23 Å². The van der Waals surface area contributed by atoms with Crippen molar-refractivity contribution in [1.29, 1.82) is 0 Å². The van der Waals surface area contributed by atoms with Crippen molar-refractivity contribution >= 4 is 11.6 Å². The molecule has 2 rings (SSSR count). The largest absolute Gasteiger partial charge is 0.496 e. The number of alkyl halides is 1. The Balaban J connectivity index is 2.38. The Labute approximate surface area is 109 Å². The van der Waals surface area contributed by atoms with Crippen molar-refractivity contribution in [2.45, 2.75) is 44.4 Å². The minimum Gasteiger partial charge on any atom is -0.496 e. The van der Waals surface area contributed by atoms with E-state index in [1.54, 1.807) is 7.11 Å². The second-order valence-electron chi connectivity index (χ2n) is 5.00. The lowest BCUT2D eigenvalue weighted by Gasteiger charge is -2.27. The first-order valence-corrected chi connectivity index (χ1v) is 7.02. The molecule has 1 aromatic rings. The molecule has 17 heavy (non-hydrogen) atoms. The molecule has 0 aliphatic heterocycles. The molecule has 0 unspecified atom stereocenters. The second-order valence-corrected chi connectivity index (χ2v) is 5.27. The summed E-state index contributed by atoms with van der Waals surface area (Å²) in [6.45, 7) is 2.17. The van der Waals surface area contributed by atoms with Crippen molar-refractivity contribution < 1.29 is 4.74 Å². The van der Waals surface area contributed by atoms with Gasteiger partial charge in [-0.1, -0.05) is 31.9 Å². The molecule has 0 N–H and O–H groups in total. The van der Waals surface area contributed by atoms with Crippen molar-refractivity contribution in [2.24, 2.45) is 0 Å². The van der Waals surface area contributed by atoms with Crippen LogP contribution in [-0.4, -0.2) is 13.0 Å². The zero-order valence-corrected chi connectivity index (χ0v) is 11.5. The predicted molar refractivity (Wildman–Crippen MR) is 73.2 cm³/mol. The van der Waals surface area contributed by atoms with Gasteiger partial charge < -0.3 is 4.74 Å². The van der Waals surface area contributed by atoms with Crippen molar-refractivity contribution in [3.63, 3.8) is 0 Å². The minimum absolute atomic E-state index is 0.220. The number of methoxy groups -OCH3 is 1. The molecular formula is C15H21ClO. The molecule has 0 amide bonds. The highest BCUT2D eigenvalue weighted by Gasteiger charge is 2.35. The van der Waals surface area contributed by atoms with Gasteiger partial charge in [0, 0.05) is 11.3 Å². The Hall–Kier alpha value is -0.690.